The molecular formula is C13H13BrN2OS. The molecule has 0 amide bonds. The van der Waals surface area contributed by atoms with Crippen molar-refractivity contribution in [1.29, 1.82) is 0 Å². The van der Waals surface area contributed by atoms with Crippen LogP contribution in [0.5, 0.6) is 0 Å². The number of hydrogen-bond acceptors (Lipinski definition) is 2. The molecule has 3 nitrogen and oxygen atoms in total. The molecule has 1 aromatic heterocycles. The van der Waals surface area contributed by atoms with E-state index in [4.69, 9.17) is 17.0 Å². The molecule has 2 bridgehead atoms. The summed E-state index contributed by atoms with van der Waals surface area (Å²) in [5.41, 5.74) is 2.28. The van der Waals surface area contributed by atoms with Gasteiger partial charge in [0.05, 0.1) is 29.3 Å². The average molecular weight is 325 g/mol. The molecule has 2 fully saturated rings. The molecule has 0 spiro atoms. The van der Waals surface area contributed by atoms with Crippen LogP contribution >= 0.6 is 28.1 Å². The molecule has 94 valence electrons. The summed E-state index contributed by atoms with van der Waals surface area (Å²) < 4.78 is 10.1. The molecule has 0 saturated carbocycles. The van der Waals surface area contributed by atoms with Crippen molar-refractivity contribution < 1.29 is 4.74 Å². The van der Waals surface area contributed by atoms with Crippen LogP contribution in [-0.4, -0.2) is 21.8 Å². The Bertz CT molecular complexity index is 677. The third-order valence-corrected chi connectivity index (χ3v) is 4.88. The van der Waals surface area contributed by atoms with E-state index in [1.807, 2.05) is 6.07 Å². The Balaban J connectivity index is 1.91. The highest BCUT2D eigenvalue weighted by Crippen LogP contribution is 2.43. The number of imidazole rings is 1. The summed E-state index contributed by atoms with van der Waals surface area (Å²) in [6, 6.07) is 6.64. The molecule has 2 aromatic rings. The molecule has 2 aliphatic rings. The Morgan fingerprint density at radius 3 is 3.00 bits per heavy atom. The predicted octanol–water partition coefficient (Wildman–Crippen LogP) is 3.95. The Morgan fingerprint density at radius 1 is 1.39 bits per heavy atom. The number of aromatic amines is 1. The fraction of sp³-hybridized carbons (Fsp3) is 0.462. The number of rotatable bonds is 1. The van der Waals surface area contributed by atoms with Gasteiger partial charge in [-0.05, 0) is 49.7 Å². The van der Waals surface area contributed by atoms with Crippen molar-refractivity contribution in [2.45, 2.75) is 37.5 Å². The standard InChI is InChI=1S/C13H13BrN2OS/c14-7-1-3-9-10(5-7)16(13(18)15-9)11-6-8-2-4-12(11)17-8/h1,3,5,8,11-12H,2,4,6H2,(H,15,18). The van der Waals surface area contributed by atoms with Gasteiger partial charge in [0.25, 0.3) is 0 Å². The molecule has 18 heavy (non-hydrogen) atoms. The van der Waals surface area contributed by atoms with Crippen LogP contribution in [0.4, 0.5) is 0 Å². The van der Waals surface area contributed by atoms with Gasteiger partial charge in [-0.2, -0.15) is 0 Å². The summed E-state index contributed by atoms with van der Waals surface area (Å²) in [6.45, 7) is 0. The van der Waals surface area contributed by atoms with Crippen molar-refractivity contribution in [2.24, 2.45) is 0 Å². The maximum atomic E-state index is 5.95. The Labute approximate surface area is 118 Å². The summed E-state index contributed by atoms with van der Waals surface area (Å²) in [6.07, 6.45) is 4.26. The van der Waals surface area contributed by atoms with Crippen LogP contribution in [0.1, 0.15) is 25.3 Å². The minimum absolute atomic E-state index is 0.347. The number of aromatic nitrogens is 2. The smallest absolute Gasteiger partial charge is 0.178 e. The van der Waals surface area contributed by atoms with E-state index in [-0.39, 0.29) is 0 Å². The van der Waals surface area contributed by atoms with Gasteiger partial charge in [0.1, 0.15) is 0 Å². The molecule has 0 radical (unpaired) electrons. The highest BCUT2D eigenvalue weighted by molar-refractivity contribution is 9.10. The quantitative estimate of drug-likeness (QED) is 0.805. The molecule has 4 rings (SSSR count). The number of fused-ring (bicyclic) bond motifs is 3. The minimum Gasteiger partial charge on any atom is -0.373 e. The Kier molecular flexibility index (Phi) is 2.44. The van der Waals surface area contributed by atoms with E-state index in [0.717, 1.165) is 27.6 Å². The minimum atomic E-state index is 0.347. The van der Waals surface area contributed by atoms with Gasteiger partial charge in [-0.25, -0.2) is 0 Å². The third-order valence-electron chi connectivity index (χ3n) is 4.09. The number of nitrogens with one attached hydrogen (secondary N) is 1. The number of H-pyrrole nitrogens is 1. The molecule has 3 unspecified atom stereocenters. The van der Waals surface area contributed by atoms with Gasteiger partial charge in [0, 0.05) is 4.47 Å². The van der Waals surface area contributed by atoms with Gasteiger partial charge in [-0.1, -0.05) is 15.9 Å². The maximum Gasteiger partial charge on any atom is 0.178 e. The zero-order valence-corrected chi connectivity index (χ0v) is 12.1. The van der Waals surface area contributed by atoms with E-state index < -0.39 is 0 Å². The van der Waals surface area contributed by atoms with Gasteiger partial charge in [-0.3, -0.25) is 0 Å². The van der Waals surface area contributed by atoms with E-state index in [0.29, 0.717) is 18.2 Å². The lowest BCUT2D eigenvalue weighted by Crippen LogP contribution is -2.20. The first-order valence-corrected chi connectivity index (χ1v) is 7.48. The molecule has 1 aromatic carbocycles. The molecule has 3 heterocycles. The molecular weight excluding hydrogens is 312 g/mol. The van der Waals surface area contributed by atoms with Crippen LogP contribution in [0.3, 0.4) is 0 Å². The van der Waals surface area contributed by atoms with Crippen LogP contribution in [0.2, 0.25) is 0 Å². The van der Waals surface area contributed by atoms with Crippen LogP contribution in [0.15, 0.2) is 22.7 Å². The van der Waals surface area contributed by atoms with Crippen molar-refractivity contribution >= 4 is 39.2 Å². The molecule has 3 atom stereocenters. The van der Waals surface area contributed by atoms with E-state index in [2.05, 4.69) is 37.6 Å². The lowest BCUT2D eigenvalue weighted by molar-refractivity contribution is 0.0941. The average Bonchev–Trinajstić information content (AvgIpc) is 3.01. The van der Waals surface area contributed by atoms with E-state index >= 15 is 0 Å². The number of ether oxygens (including phenoxy) is 1. The summed E-state index contributed by atoms with van der Waals surface area (Å²) >= 11 is 9.02. The van der Waals surface area contributed by atoms with Gasteiger partial charge >= 0.3 is 0 Å². The molecule has 2 saturated heterocycles. The summed E-state index contributed by atoms with van der Waals surface area (Å²) in [4.78, 5) is 3.29. The summed E-state index contributed by atoms with van der Waals surface area (Å²) in [7, 11) is 0. The molecule has 0 aliphatic carbocycles. The van der Waals surface area contributed by atoms with Crippen molar-refractivity contribution in [1.82, 2.24) is 9.55 Å². The van der Waals surface area contributed by atoms with Gasteiger partial charge in [0.15, 0.2) is 4.77 Å². The van der Waals surface area contributed by atoms with Crippen molar-refractivity contribution in [3.05, 3.63) is 27.4 Å². The lowest BCUT2D eigenvalue weighted by atomic mass is 9.95. The van der Waals surface area contributed by atoms with Crippen molar-refractivity contribution in [3.8, 4) is 0 Å². The zero-order chi connectivity index (χ0) is 12.3. The predicted molar refractivity (Wildman–Crippen MR) is 76.4 cm³/mol. The fourth-order valence-electron chi connectivity index (χ4n) is 3.31. The van der Waals surface area contributed by atoms with E-state index in [9.17, 15) is 0 Å². The SMILES string of the molecule is S=c1[nH]c2ccc(Br)cc2n1C1CC2CCC1O2. The highest BCUT2D eigenvalue weighted by Gasteiger charge is 2.42. The van der Waals surface area contributed by atoms with Crippen LogP contribution in [0, 0.1) is 4.77 Å². The largest absolute Gasteiger partial charge is 0.373 e. The summed E-state index contributed by atoms with van der Waals surface area (Å²) in [5, 5.41) is 0. The number of nitrogens with zero attached hydrogens (tertiary/aromatic N) is 1. The lowest BCUT2D eigenvalue weighted by Gasteiger charge is -2.21. The van der Waals surface area contributed by atoms with Crippen LogP contribution in [-0.2, 0) is 4.74 Å². The normalized spacial score (nSPS) is 30.4. The van der Waals surface area contributed by atoms with E-state index in [1.54, 1.807) is 0 Å². The molecule has 1 N–H and O–H groups in total. The first kappa shape index (κ1) is 11.2. The first-order chi connectivity index (χ1) is 8.72. The number of benzene rings is 1. The van der Waals surface area contributed by atoms with Gasteiger partial charge in [0.2, 0.25) is 0 Å². The van der Waals surface area contributed by atoms with Crippen molar-refractivity contribution in [3.63, 3.8) is 0 Å². The number of halogens is 1. The van der Waals surface area contributed by atoms with Crippen LogP contribution in [0.25, 0.3) is 11.0 Å². The third kappa shape index (κ3) is 1.54. The molecule has 2 aliphatic heterocycles. The maximum absolute atomic E-state index is 5.95. The highest BCUT2D eigenvalue weighted by atomic mass is 79.9. The second-order valence-corrected chi connectivity index (χ2v) is 6.44. The second kappa shape index (κ2) is 3.92. The monoisotopic (exact) mass is 324 g/mol. The fourth-order valence-corrected chi connectivity index (χ4v) is 4.00. The van der Waals surface area contributed by atoms with E-state index in [1.165, 1.54) is 11.9 Å². The Morgan fingerprint density at radius 2 is 2.28 bits per heavy atom. The zero-order valence-electron chi connectivity index (χ0n) is 9.73. The first-order valence-electron chi connectivity index (χ1n) is 6.27. The topological polar surface area (TPSA) is 29.9 Å². The van der Waals surface area contributed by atoms with Crippen LogP contribution < -0.4 is 0 Å². The summed E-state index contributed by atoms with van der Waals surface area (Å²) in [5.74, 6) is 0. The van der Waals surface area contributed by atoms with Crippen molar-refractivity contribution in [2.75, 3.05) is 0 Å². The molecule has 5 heteroatoms. The Hall–Kier alpha value is -0.650. The van der Waals surface area contributed by atoms with Gasteiger partial charge in [-0.15, -0.1) is 0 Å². The second-order valence-electron chi connectivity index (χ2n) is 5.14. The van der Waals surface area contributed by atoms with Gasteiger partial charge < -0.3 is 14.3 Å². The number of hydrogen-bond donors (Lipinski definition) is 1.